The summed E-state index contributed by atoms with van der Waals surface area (Å²) in [5.41, 5.74) is 0.562. The molecule has 1 fully saturated rings. The number of rotatable bonds is 11. The highest BCUT2D eigenvalue weighted by Crippen LogP contribution is 2.16. The number of aliphatic carboxylic acids is 4. The average Bonchev–Trinajstić information content (AvgIpc) is 2.89. The fraction of sp³-hybridized carbons (Fsp3) is 0.400. The molecule has 14 nitrogen and oxygen atoms in total. The Kier molecular flexibility index (Phi) is 16.6. The number of carbonyl (C=O) groups is 5. The van der Waals surface area contributed by atoms with Gasteiger partial charge in [-0.05, 0) is 19.2 Å². The first-order valence-electron chi connectivity index (χ1n) is 12.0. The lowest BCUT2D eigenvalue weighted by Gasteiger charge is -2.31. The molecule has 1 saturated heterocycles. The Labute approximate surface area is 232 Å². The first-order chi connectivity index (χ1) is 18.6. The van der Waals surface area contributed by atoms with Gasteiger partial charge in [0.1, 0.15) is 0 Å². The van der Waals surface area contributed by atoms with E-state index in [0.717, 1.165) is 26.2 Å². The SMILES string of the molecule is CCN(CC)S(=O)(=O)c1ccc(C(=O)CN2CCN(C)CC2)cc1.O=C(O)/C=C\C(=O)O.O=C(O)/C=C\C(=O)O. The van der Waals surface area contributed by atoms with Gasteiger partial charge in [0.05, 0.1) is 11.4 Å². The predicted molar refractivity (Wildman–Crippen MR) is 144 cm³/mol. The maximum atomic E-state index is 12.5. The molecule has 0 aliphatic carbocycles. The Balaban J connectivity index is 0.000000780. The Morgan fingerprint density at radius 2 is 1.12 bits per heavy atom. The van der Waals surface area contributed by atoms with Crippen molar-refractivity contribution in [1.29, 1.82) is 0 Å². The fourth-order valence-corrected chi connectivity index (χ4v) is 4.57. The highest BCUT2D eigenvalue weighted by molar-refractivity contribution is 7.89. The van der Waals surface area contributed by atoms with Crippen LogP contribution < -0.4 is 0 Å². The number of hydrogen-bond donors (Lipinski definition) is 4. The number of carboxylic acid groups (broad SMARTS) is 4. The van der Waals surface area contributed by atoms with Gasteiger partial charge in [-0.15, -0.1) is 0 Å². The number of benzene rings is 1. The minimum absolute atomic E-state index is 0.0336. The van der Waals surface area contributed by atoms with Crippen LogP contribution in [-0.2, 0) is 29.2 Å². The monoisotopic (exact) mass is 585 g/mol. The van der Waals surface area contributed by atoms with Crippen molar-refractivity contribution >= 4 is 39.7 Å². The molecule has 0 atom stereocenters. The van der Waals surface area contributed by atoms with Crippen LogP contribution in [0.5, 0.6) is 0 Å². The standard InChI is InChI=1S/C17H27N3O3S.2C4H4O4/c1-4-20(5-2)24(22,23)16-8-6-15(7-9-16)17(21)14-19-12-10-18(3)11-13-19;2*5-3(6)1-2-4(7)8/h6-9H,4-5,10-14H2,1-3H3;2*1-2H,(H,5,6)(H,7,8)/b;2*2-1-. The van der Waals surface area contributed by atoms with E-state index in [2.05, 4.69) is 16.8 Å². The van der Waals surface area contributed by atoms with Crippen molar-refractivity contribution in [3.63, 3.8) is 0 Å². The van der Waals surface area contributed by atoms with Gasteiger partial charge < -0.3 is 25.3 Å². The lowest BCUT2D eigenvalue weighted by atomic mass is 10.1. The first-order valence-corrected chi connectivity index (χ1v) is 13.4. The summed E-state index contributed by atoms with van der Waals surface area (Å²) in [6.07, 6.45) is 2.23. The van der Waals surface area contributed by atoms with Crippen LogP contribution in [0.4, 0.5) is 0 Å². The molecule has 1 aromatic carbocycles. The molecule has 0 saturated carbocycles. The molecular formula is C25H35N3O11S. The molecule has 0 amide bonds. The highest BCUT2D eigenvalue weighted by atomic mass is 32.2. The van der Waals surface area contributed by atoms with E-state index in [9.17, 15) is 32.4 Å². The molecule has 1 aromatic rings. The zero-order valence-corrected chi connectivity index (χ0v) is 23.3. The van der Waals surface area contributed by atoms with E-state index >= 15 is 0 Å². The molecule has 2 rings (SSSR count). The quantitative estimate of drug-likeness (QED) is 0.207. The highest BCUT2D eigenvalue weighted by Gasteiger charge is 2.22. The number of piperazine rings is 1. The minimum atomic E-state index is -3.47. The maximum Gasteiger partial charge on any atom is 0.328 e. The van der Waals surface area contributed by atoms with Crippen LogP contribution in [-0.4, -0.2) is 125 Å². The number of nitrogens with zero attached hydrogens (tertiary/aromatic N) is 3. The van der Waals surface area contributed by atoms with Gasteiger partial charge in [0.15, 0.2) is 5.78 Å². The Morgan fingerprint density at radius 3 is 1.45 bits per heavy atom. The van der Waals surface area contributed by atoms with E-state index < -0.39 is 33.9 Å². The maximum absolute atomic E-state index is 12.5. The van der Waals surface area contributed by atoms with Gasteiger partial charge in [-0.2, -0.15) is 4.31 Å². The van der Waals surface area contributed by atoms with Crippen LogP contribution >= 0.6 is 0 Å². The number of sulfonamides is 1. The van der Waals surface area contributed by atoms with Crippen LogP contribution in [0.25, 0.3) is 0 Å². The Bertz CT molecular complexity index is 1100. The summed E-state index contributed by atoms with van der Waals surface area (Å²) in [7, 11) is -1.39. The van der Waals surface area contributed by atoms with Gasteiger partial charge in [-0.1, -0.05) is 26.0 Å². The third-order valence-electron chi connectivity index (χ3n) is 5.22. The van der Waals surface area contributed by atoms with Crippen LogP contribution in [0, 0.1) is 0 Å². The first kappa shape index (κ1) is 36.1. The largest absolute Gasteiger partial charge is 0.478 e. The normalized spacial score (nSPS) is 14.2. The molecular weight excluding hydrogens is 550 g/mol. The molecule has 222 valence electrons. The lowest BCUT2D eigenvalue weighted by molar-refractivity contribution is -0.134. The Morgan fingerprint density at radius 1 is 0.750 bits per heavy atom. The van der Waals surface area contributed by atoms with Crippen LogP contribution in [0.15, 0.2) is 53.5 Å². The summed E-state index contributed by atoms with van der Waals surface area (Å²) < 4.78 is 26.3. The number of hydrogen-bond acceptors (Lipinski definition) is 9. The third-order valence-corrected chi connectivity index (χ3v) is 7.28. The van der Waals surface area contributed by atoms with Gasteiger partial charge in [0, 0.05) is 69.1 Å². The molecule has 0 spiro atoms. The van der Waals surface area contributed by atoms with Gasteiger partial charge in [0.25, 0.3) is 0 Å². The zero-order valence-electron chi connectivity index (χ0n) is 22.5. The molecule has 0 radical (unpaired) electrons. The summed E-state index contributed by atoms with van der Waals surface area (Å²) in [5, 5.41) is 31.2. The van der Waals surface area contributed by atoms with Gasteiger partial charge in [0.2, 0.25) is 10.0 Å². The van der Waals surface area contributed by atoms with Gasteiger partial charge in [-0.3, -0.25) is 9.69 Å². The van der Waals surface area contributed by atoms with E-state index in [4.69, 9.17) is 20.4 Å². The van der Waals surface area contributed by atoms with E-state index in [1.807, 2.05) is 13.8 Å². The number of carbonyl (C=O) groups excluding carboxylic acids is 1. The predicted octanol–water partition coefficient (Wildman–Crippen LogP) is 0.571. The number of likely N-dealkylation sites (N-methyl/N-ethyl adjacent to an activating group) is 1. The molecule has 0 unspecified atom stereocenters. The molecule has 0 aromatic heterocycles. The molecule has 15 heteroatoms. The molecule has 40 heavy (non-hydrogen) atoms. The topological polar surface area (TPSA) is 210 Å². The molecule has 1 aliphatic heterocycles. The summed E-state index contributed by atoms with van der Waals surface area (Å²) >= 11 is 0. The van der Waals surface area contributed by atoms with Crippen molar-refractivity contribution in [3.8, 4) is 0 Å². The third kappa shape index (κ3) is 14.9. The zero-order chi connectivity index (χ0) is 30.9. The van der Waals surface area contributed by atoms with Crippen molar-refractivity contribution in [3.05, 3.63) is 54.1 Å². The number of Topliss-reactive ketones (excluding diaryl/α,β-unsaturated/α-hetero) is 1. The average molecular weight is 586 g/mol. The molecule has 1 aliphatic rings. The van der Waals surface area contributed by atoms with Gasteiger partial charge in [-0.25, -0.2) is 27.6 Å². The summed E-state index contributed by atoms with van der Waals surface area (Å²) in [4.78, 5) is 55.2. The lowest BCUT2D eigenvalue weighted by Crippen LogP contribution is -2.46. The van der Waals surface area contributed by atoms with E-state index in [-0.39, 0.29) is 10.7 Å². The summed E-state index contributed by atoms with van der Waals surface area (Å²) in [6, 6.07) is 6.30. The Hall–Kier alpha value is -3.92. The molecule has 0 bridgehead atoms. The summed E-state index contributed by atoms with van der Waals surface area (Å²) in [5.74, 6) is -4.99. The summed E-state index contributed by atoms with van der Waals surface area (Å²) in [6.45, 7) is 8.59. The van der Waals surface area contributed by atoms with Crippen LogP contribution in [0.1, 0.15) is 24.2 Å². The number of ketones is 1. The molecule has 1 heterocycles. The second-order valence-electron chi connectivity index (χ2n) is 8.14. The van der Waals surface area contributed by atoms with Crippen LogP contribution in [0.2, 0.25) is 0 Å². The second kappa shape index (κ2) is 18.4. The van der Waals surface area contributed by atoms with Gasteiger partial charge >= 0.3 is 23.9 Å². The van der Waals surface area contributed by atoms with Crippen LogP contribution in [0.3, 0.4) is 0 Å². The molecule has 4 N–H and O–H groups in total. The van der Waals surface area contributed by atoms with E-state index in [0.29, 0.717) is 49.5 Å². The van der Waals surface area contributed by atoms with E-state index in [1.165, 1.54) is 16.4 Å². The van der Waals surface area contributed by atoms with Crippen molar-refractivity contribution < 1.29 is 52.8 Å². The number of carboxylic acids is 4. The second-order valence-corrected chi connectivity index (χ2v) is 10.1. The van der Waals surface area contributed by atoms with Crippen molar-refractivity contribution in [2.75, 3.05) is 52.9 Å². The van der Waals surface area contributed by atoms with Crippen molar-refractivity contribution in [1.82, 2.24) is 14.1 Å². The van der Waals surface area contributed by atoms with Crippen molar-refractivity contribution in [2.45, 2.75) is 18.7 Å². The van der Waals surface area contributed by atoms with E-state index in [1.54, 1.807) is 12.1 Å². The fourth-order valence-electron chi connectivity index (χ4n) is 3.11. The van der Waals surface area contributed by atoms with Crippen molar-refractivity contribution in [2.24, 2.45) is 0 Å². The minimum Gasteiger partial charge on any atom is -0.478 e. The smallest absolute Gasteiger partial charge is 0.328 e.